The van der Waals surface area contributed by atoms with Crippen LogP contribution in [-0.4, -0.2) is 20.9 Å². The lowest BCUT2D eigenvalue weighted by atomic mass is 10.0. The maximum Gasteiger partial charge on any atom is 0.238 e. The quantitative estimate of drug-likeness (QED) is 0.718. The van der Waals surface area contributed by atoms with Gasteiger partial charge in [0.1, 0.15) is 0 Å². The Hall–Kier alpha value is -1.40. The van der Waals surface area contributed by atoms with Crippen molar-refractivity contribution in [3.8, 4) is 0 Å². The molecular formula is C15H24N2O3S. The van der Waals surface area contributed by atoms with Crippen LogP contribution in [0, 0.1) is 5.92 Å². The van der Waals surface area contributed by atoms with E-state index in [2.05, 4.69) is 5.32 Å². The Bertz CT molecular complexity index is 549. The predicted octanol–water partition coefficient (Wildman–Crippen LogP) is 1.82. The number of amides is 1. The molecule has 0 spiro atoms. The minimum Gasteiger partial charge on any atom is -0.356 e. The van der Waals surface area contributed by atoms with Crippen molar-refractivity contribution < 1.29 is 13.2 Å². The number of hydrogen-bond acceptors (Lipinski definition) is 3. The molecule has 0 aliphatic rings. The van der Waals surface area contributed by atoms with Crippen molar-refractivity contribution in [1.82, 2.24) is 5.32 Å². The second-order valence-corrected chi connectivity index (χ2v) is 6.66. The first-order chi connectivity index (χ1) is 9.88. The number of rotatable bonds is 8. The highest BCUT2D eigenvalue weighted by atomic mass is 32.2. The average molecular weight is 312 g/mol. The van der Waals surface area contributed by atoms with Gasteiger partial charge in [0.15, 0.2) is 0 Å². The zero-order valence-corrected chi connectivity index (χ0v) is 13.4. The van der Waals surface area contributed by atoms with Crippen molar-refractivity contribution >= 4 is 15.9 Å². The Morgan fingerprint density at radius 3 is 2.24 bits per heavy atom. The van der Waals surface area contributed by atoms with Crippen LogP contribution in [0.1, 0.15) is 38.7 Å². The number of nitrogens with one attached hydrogen (secondary N) is 1. The molecule has 0 aliphatic heterocycles. The van der Waals surface area contributed by atoms with Gasteiger partial charge in [-0.3, -0.25) is 4.79 Å². The van der Waals surface area contributed by atoms with Gasteiger partial charge in [0.05, 0.1) is 4.90 Å². The predicted molar refractivity (Wildman–Crippen MR) is 83.2 cm³/mol. The van der Waals surface area contributed by atoms with Crippen molar-refractivity contribution in [2.24, 2.45) is 11.1 Å². The van der Waals surface area contributed by atoms with E-state index in [1.165, 1.54) is 12.1 Å². The first-order valence-corrected chi connectivity index (χ1v) is 8.82. The van der Waals surface area contributed by atoms with Crippen molar-refractivity contribution in [2.45, 2.75) is 44.4 Å². The fourth-order valence-electron chi connectivity index (χ4n) is 2.15. The van der Waals surface area contributed by atoms with Crippen LogP contribution in [0.15, 0.2) is 29.2 Å². The molecule has 118 valence electrons. The summed E-state index contributed by atoms with van der Waals surface area (Å²) in [5, 5.41) is 7.98. The summed E-state index contributed by atoms with van der Waals surface area (Å²) in [5.41, 5.74) is 1.03. The van der Waals surface area contributed by atoms with E-state index in [4.69, 9.17) is 5.14 Å². The number of carbonyl (C=O) groups excluding carboxylic acids is 1. The van der Waals surface area contributed by atoms with Crippen LogP contribution in [0.2, 0.25) is 0 Å². The Balaban J connectivity index is 2.38. The van der Waals surface area contributed by atoms with Gasteiger partial charge in [-0.2, -0.15) is 0 Å². The molecule has 0 bridgehead atoms. The van der Waals surface area contributed by atoms with E-state index in [1.807, 2.05) is 13.8 Å². The monoisotopic (exact) mass is 312 g/mol. The van der Waals surface area contributed by atoms with Crippen LogP contribution >= 0.6 is 0 Å². The fraction of sp³-hybridized carbons (Fsp3) is 0.533. The fourth-order valence-corrected chi connectivity index (χ4v) is 2.67. The van der Waals surface area contributed by atoms with Gasteiger partial charge in [0, 0.05) is 12.5 Å². The van der Waals surface area contributed by atoms with Crippen LogP contribution < -0.4 is 10.5 Å². The molecule has 0 unspecified atom stereocenters. The smallest absolute Gasteiger partial charge is 0.238 e. The summed E-state index contributed by atoms with van der Waals surface area (Å²) < 4.78 is 22.3. The Labute approximate surface area is 127 Å². The number of hydrogen-bond donors (Lipinski definition) is 2. The van der Waals surface area contributed by atoms with Crippen LogP contribution in [0.3, 0.4) is 0 Å². The molecule has 1 aromatic carbocycles. The maximum absolute atomic E-state index is 11.8. The molecule has 1 rings (SSSR count). The van der Waals surface area contributed by atoms with Crippen LogP contribution in [0.25, 0.3) is 0 Å². The van der Waals surface area contributed by atoms with E-state index in [-0.39, 0.29) is 16.7 Å². The first kappa shape index (κ1) is 17.7. The molecule has 1 amide bonds. The Morgan fingerprint density at radius 1 is 1.19 bits per heavy atom. The summed E-state index contributed by atoms with van der Waals surface area (Å²) in [6, 6.07) is 6.52. The number of primary sulfonamides is 1. The lowest BCUT2D eigenvalue weighted by molar-refractivity contribution is -0.125. The van der Waals surface area contributed by atoms with Crippen molar-refractivity contribution in [3.63, 3.8) is 0 Å². The van der Waals surface area contributed by atoms with E-state index in [9.17, 15) is 13.2 Å². The molecular weight excluding hydrogens is 288 g/mol. The zero-order valence-electron chi connectivity index (χ0n) is 12.6. The summed E-state index contributed by atoms with van der Waals surface area (Å²) in [7, 11) is -3.63. The molecule has 0 fully saturated rings. The van der Waals surface area contributed by atoms with Crippen LogP contribution in [-0.2, 0) is 21.2 Å². The second-order valence-electron chi connectivity index (χ2n) is 5.10. The van der Waals surface area contributed by atoms with E-state index >= 15 is 0 Å². The number of nitrogens with two attached hydrogens (primary N) is 1. The summed E-state index contributed by atoms with van der Waals surface area (Å²) in [5.74, 6) is 0.212. The minimum absolute atomic E-state index is 0.0963. The van der Waals surface area contributed by atoms with Gasteiger partial charge >= 0.3 is 0 Å². The summed E-state index contributed by atoms with van der Waals surface area (Å²) in [6.45, 7) is 4.66. The van der Waals surface area contributed by atoms with Crippen molar-refractivity contribution in [2.75, 3.05) is 6.54 Å². The Morgan fingerprint density at radius 2 is 1.76 bits per heavy atom. The normalized spacial score (nSPS) is 11.6. The molecule has 0 aliphatic carbocycles. The third-order valence-corrected chi connectivity index (χ3v) is 4.48. The van der Waals surface area contributed by atoms with E-state index in [1.54, 1.807) is 12.1 Å². The van der Waals surface area contributed by atoms with Gasteiger partial charge in [0.25, 0.3) is 0 Å². The molecule has 0 saturated carbocycles. The van der Waals surface area contributed by atoms with Gasteiger partial charge in [-0.1, -0.05) is 26.0 Å². The van der Waals surface area contributed by atoms with Gasteiger partial charge in [-0.15, -0.1) is 0 Å². The maximum atomic E-state index is 11.8. The summed E-state index contributed by atoms with van der Waals surface area (Å²) in [4.78, 5) is 11.9. The highest BCUT2D eigenvalue weighted by Crippen LogP contribution is 2.10. The lowest BCUT2D eigenvalue weighted by Crippen LogP contribution is -2.31. The third kappa shape index (κ3) is 5.85. The molecule has 0 atom stereocenters. The van der Waals surface area contributed by atoms with Gasteiger partial charge in [-0.05, 0) is 43.4 Å². The molecule has 21 heavy (non-hydrogen) atoms. The molecule has 3 N–H and O–H groups in total. The van der Waals surface area contributed by atoms with E-state index in [0.717, 1.165) is 31.2 Å². The molecule has 0 radical (unpaired) electrons. The van der Waals surface area contributed by atoms with Gasteiger partial charge in [-0.25, -0.2) is 13.6 Å². The van der Waals surface area contributed by atoms with Crippen molar-refractivity contribution in [3.05, 3.63) is 29.8 Å². The van der Waals surface area contributed by atoms with Gasteiger partial charge in [0.2, 0.25) is 15.9 Å². The van der Waals surface area contributed by atoms with E-state index in [0.29, 0.717) is 6.54 Å². The molecule has 0 heterocycles. The van der Waals surface area contributed by atoms with E-state index < -0.39 is 10.0 Å². The standard InChI is InChI=1S/C15H24N2O3S/c1-3-13(4-2)15(18)17-11-5-6-12-7-9-14(10-8-12)21(16,19)20/h7-10,13H,3-6,11H2,1-2H3,(H,17,18)(H2,16,19,20). The van der Waals surface area contributed by atoms with Gasteiger partial charge < -0.3 is 5.32 Å². The highest BCUT2D eigenvalue weighted by Gasteiger charge is 2.12. The molecule has 6 heteroatoms. The molecule has 1 aromatic rings. The number of carbonyl (C=O) groups is 1. The zero-order chi connectivity index (χ0) is 15.9. The summed E-state index contributed by atoms with van der Waals surface area (Å²) in [6.07, 6.45) is 3.32. The first-order valence-electron chi connectivity index (χ1n) is 7.28. The topological polar surface area (TPSA) is 89.3 Å². The molecule has 0 saturated heterocycles. The minimum atomic E-state index is -3.63. The molecule has 5 nitrogen and oxygen atoms in total. The summed E-state index contributed by atoms with van der Waals surface area (Å²) >= 11 is 0. The lowest BCUT2D eigenvalue weighted by Gasteiger charge is -2.12. The SMILES string of the molecule is CCC(CC)C(=O)NCCCc1ccc(S(N)(=O)=O)cc1. The number of benzene rings is 1. The number of aryl methyl sites for hydroxylation is 1. The third-order valence-electron chi connectivity index (χ3n) is 3.55. The Kier molecular flexibility index (Phi) is 6.84. The van der Waals surface area contributed by atoms with Crippen LogP contribution in [0.5, 0.6) is 0 Å². The average Bonchev–Trinajstić information content (AvgIpc) is 2.44. The van der Waals surface area contributed by atoms with Crippen molar-refractivity contribution in [1.29, 1.82) is 0 Å². The van der Waals surface area contributed by atoms with Crippen LogP contribution in [0.4, 0.5) is 0 Å². The highest BCUT2D eigenvalue weighted by molar-refractivity contribution is 7.89. The second kappa shape index (κ2) is 8.14. The largest absolute Gasteiger partial charge is 0.356 e. The molecule has 0 aromatic heterocycles. The number of sulfonamides is 1.